The van der Waals surface area contributed by atoms with E-state index >= 15 is 0 Å². The number of hydrogen-bond acceptors (Lipinski definition) is 2. The molecule has 0 aliphatic carbocycles. The van der Waals surface area contributed by atoms with Gasteiger partial charge in [-0.3, -0.25) is 9.78 Å². The van der Waals surface area contributed by atoms with Gasteiger partial charge in [0.15, 0.2) is 0 Å². The van der Waals surface area contributed by atoms with Crippen LogP contribution >= 0.6 is 0 Å². The Balaban J connectivity index is 3.03. The predicted molar refractivity (Wildman–Crippen MR) is 55.8 cm³/mol. The Morgan fingerprint density at radius 2 is 2.14 bits per heavy atom. The number of hydrogen-bond donors (Lipinski definition) is 1. The van der Waals surface area contributed by atoms with Crippen LogP contribution in [-0.2, 0) is 10.3 Å². The molecule has 0 saturated heterocycles. The minimum absolute atomic E-state index is 0.0416. The standard InChI is InChI=1S/C11H16N2O/c1-8-6-5-7-12-10(8)11(3,4)13-9(2)14/h5-7H,1-4H3,(H,13,14). The maximum Gasteiger partial charge on any atom is 0.217 e. The van der Waals surface area contributed by atoms with E-state index in [1.54, 1.807) is 6.20 Å². The maximum absolute atomic E-state index is 11.0. The molecule has 0 saturated carbocycles. The lowest BCUT2D eigenvalue weighted by Crippen LogP contribution is -2.40. The normalized spacial score (nSPS) is 11.1. The van der Waals surface area contributed by atoms with Gasteiger partial charge in [-0.2, -0.15) is 0 Å². The number of carbonyl (C=O) groups excluding carboxylic acids is 1. The van der Waals surface area contributed by atoms with Crippen molar-refractivity contribution in [3.05, 3.63) is 29.6 Å². The van der Waals surface area contributed by atoms with Gasteiger partial charge in [0.05, 0.1) is 11.2 Å². The number of carbonyl (C=O) groups is 1. The minimum Gasteiger partial charge on any atom is -0.346 e. The summed E-state index contributed by atoms with van der Waals surface area (Å²) in [5, 5.41) is 2.87. The van der Waals surface area contributed by atoms with Crippen LogP contribution in [0.5, 0.6) is 0 Å². The van der Waals surface area contributed by atoms with Gasteiger partial charge in [0, 0.05) is 13.1 Å². The second-order valence-electron chi connectivity index (χ2n) is 3.98. The summed E-state index contributed by atoms with van der Waals surface area (Å²) < 4.78 is 0. The zero-order valence-corrected chi connectivity index (χ0v) is 9.09. The van der Waals surface area contributed by atoms with E-state index in [1.165, 1.54) is 6.92 Å². The van der Waals surface area contributed by atoms with Crippen LogP contribution in [0.2, 0.25) is 0 Å². The van der Waals surface area contributed by atoms with Crippen LogP contribution in [0.25, 0.3) is 0 Å². The molecule has 1 N–H and O–H groups in total. The Hall–Kier alpha value is -1.38. The largest absolute Gasteiger partial charge is 0.346 e. The van der Waals surface area contributed by atoms with Gasteiger partial charge in [-0.1, -0.05) is 6.07 Å². The molecule has 3 nitrogen and oxygen atoms in total. The Morgan fingerprint density at radius 1 is 1.50 bits per heavy atom. The Kier molecular flexibility index (Phi) is 2.89. The molecule has 0 aliphatic rings. The highest BCUT2D eigenvalue weighted by atomic mass is 16.1. The highest BCUT2D eigenvalue weighted by Gasteiger charge is 2.24. The lowest BCUT2D eigenvalue weighted by atomic mass is 9.96. The topological polar surface area (TPSA) is 42.0 Å². The average Bonchev–Trinajstić information content (AvgIpc) is 2.02. The fourth-order valence-electron chi connectivity index (χ4n) is 1.64. The summed E-state index contributed by atoms with van der Waals surface area (Å²) in [6, 6.07) is 3.88. The molecule has 0 unspecified atom stereocenters. The number of aromatic nitrogens is 1. The molecule has 14 heavy (non-hydrogen) atoms. The van der Waals surface area contributed by atoms with E-state index in [4.69, 9.17) is 0 Å². The molecular formula is C11H16N2O. The van der Waals surface area contributed by atoms with Crippen molar-refractivity contribution >= 4 is 5.91 Å². The summed E-state index contributed by atoms with van der Waals surface area (Å²) >= 11 is 0. The first-order valence-electron chi connectivity index (χ1n) is 4.64. The molecule has 1 aromatic heterocycles. The van der Waals surface area contributed by atoms with E-state index < -0.39 is 5.54 Å². The SMILES string of the molecule is CC(=O)NC(C)(C)c1ncccc1C. The zero-order valence-electron chi connectivity index (χ0n) is 9.09. The molecule has 1 aromatic rings. The van der Waals surface area contributed by atoms with Crippen molar-refractivity contribution < 1.29 is 4.79 Å². The van der Waals surface area contributed by atoms with Gasteiger partial charge in [-0.05, 0) is 32.4 Å². The van der Waals surface area contributed by atoms with Gasteiger partial charge in [0.25, 0.3) is 0 Å². The first kappa shape index (κ1) is 10.7. The third-order valence-corrected chi connectivity index (χ3v) is 2.09. The first-order chi connectivity index (χ1) is 6.43. The highest BCUT2D eigenvalue weighted by molar-refractivity contribution is 5.74. The van der Waals surface area contributed by atoms with Crippen molar-refractivity contribution in [1.29, 1.82) is 0 Å². The molecule has 0 fully saturated rings. The van der Waals surface area contributed by atoms with Gasteiger partial charge in [0.1, 0.15) is 0 Å². The molecule has 1 heterocycles. The number of amides is 1. The Labute approximate surface area is 84.6 Å². The summed E-state index contributed by atoms with van der Waals surface area (Å²) in [6.07, 6.45) is 1.74. The van der Waals surface area contributed by atoms with Crippen LogP contribution in [0, 0.1) is 6.92 Å². The van der Waals surface area contributed by atoms with Crippen molar-refractivity contribution in [2.75, 3.05) is 0 Å². The van der Waals surface area contributed by atoms with E-state index in [0.29, 0.717) is 0 Å². The van der Waals surface area contributed by atoms with Crippen molar-refractivity contribution in [3.63, 3.8) is 0 Å². The molecule has 0 atom stereocenters. The second-order valence-corrected chi connectivity index (χ2v) is 3.98. The minimum atomic E-state index is -0.406. The predicted octanol–water partition coefficient (Wildman–Crippen LogP) is 1.76. The van der Waals surface area contributed by atoms with Crippen LogP contribution in [0.3, 0.4) is 0 Å². The van der Waals surface area contributed by atoms with E-state index in [1.807, 2.05) is 32.9 Å². The smallest absolute Gasteiger partial charge is 0.217 e. The van der Waals surface area contributed by atoms with Crippen LogP contribution in [0.1, 0.15) is 32.0 Å². The fraction of sp³-hybridized carbons (Fsp3) is 0.455. The van der Waals surface area contributed by atoms with Gasteiger partial charge in [-0.15, -0.1) is 0 Å². The van der Waals surface area contributed by atoms with Crippen LogP contribution in [-0.4, -0.2) is 10.9 Å². The molecule has 3 heteroatoms. The van der Waals surface area contributed by atoms with Gasteiger partial charge < -0.3 is 5.32 Å². The summed E-state index contributed by atoms with van der Waals surface area (Å²) in [7, 11) is 0. The third-order valence-electron chi connectivity index (χ3n) is 2.09. The van der Waals surface area contributed by atoms with E-state index in [0.717, 1.165) is 11.3 Å². The van der Waals surface area contributed by atoms with Gasteiger partial charge in [0.2, 0.25) is 5.91 Å². The number of nitrogens with one attached hydrogen (secondary N) is 1. The lowest BCUT2D eigenvalue weighted by molar-refractivity contribution is -0.120. The lowest BCUT2D eigenvalue weighted by Gasteiger charge is -2.26. The third kappa shape index (κ3) is 2.31. The molecule has 1 amide bonds. The first-order valence-corrected chi connectivity index (χ1v) is 4.64. The average molecular weight is 192 g/mol. The Morgan fingerprint density at radius 3 is 2.64 bits per heavy atom. The summed E-state index contributed by atoms with van der Waals surface area (Å²) in [5.74, 6) is -0.0416. The number of rotatable bonds is 2. The van der Waals surface area contributed by atoms with Crippen LogP contribution in [0.15, 0.2) is 18.3 Å². The van der Waals surface area contributed by atoms with E-state index in [-0.39, 0.29) is 5.91 Å². The van der Waals surface area contributed by atoms with E-state index in [2.05, 4.69) is 10.3 Å². The van der Waals surface area contributed by atoms with Crippen molar-refractivity contribution in [2.45, 2.75) is 33.2 Å². The fourth-order valence-corrected chi connectivity index (χ4v) is 1.64. The van der Waals surface area contributed by atoms with Gasteiger partial charge in [-0.25, -0.2) is 0 Å². The van der Waals surface area contributed by atoms with E-state index in [9.17, 15) is 4.79 Å². The quantitative estimate of drug-likeness (QED) is 0.775. The van der Waals surface area contributed by atoms with Crippen molar-refractivity contribution in [3.8, 4) is 0 Å². The number of pyridine rings is 1. The summed E-state index contributed by atoms with van der Waals surface area (Å²) in [6.45, 7) is 7.40. The summed E-state index contributed by atoms with van der Waals surface area (Å²) in [4.78, 5) is 15.3. The number of nitrogens with zero attached hydrogens (tertiary/aromatic N) is 1. The molecule has 0 radical (unpaired) electrons. The molecule has 0 aromatic carbocycles. The van der Waals surface area contributed by atoms with Crippen molar-refractivity contribution in [2.24, 2.45) is 0 Å². The Bertz CT molecular complexity index is 345. The molecule has 0 bridgehead atoms. The molecular weight excluding hydrogens is 176 g/mol. The highest BCUT2D eigenvalue weighted by Crippen LogP contribution is 2.20. The molecule has 76 valence electrons. The molecule has 0 spiro atoms. The maximum atomic E-state index is 11.0. The summed E-state index contributed by atoms with van der Waals surface area (Å²) in [5.41, 5.74) is 1.60. The monoisotopic (exact) mass is 192 g/mol. The molecule has 1 rings (SSSR count). The number of aryl methyl sites for hydroxylation is 1. The van der Waals surface area contributed by atoms with Crippen LogP contribution in [0.4, 0.5) is 0 Å². The van der Waals surface area contributed by atoms with Crippen LogP contribution < -0.4 is 5.32 Å². The van der Waals surface area contributed by atoms with Gasteiger partial charge >= 0.3 is 0 Å². The molecule has 0 aliphatic heterocycles. The van der Waals surface area contributed by atoms with Crippen molar-refractivity contribution in [1.82, 2.24) is 10.3 Å². The second kappa shape index (κ2) is 3.78. The zero-order chi connectivity index (χ0) is 10.8.